The molecule has 0 unspecified atom stereocenters. The molecule has 0 amide bonds. The maximum Gasteiger partial charge on any atom is 0.296 e. The predicted molar refractivity (Wildman–Crippen MR) is 70.8 cm³/mol. The van der Waals surface area contributed by atoms with Crippen LogP contribution in [-0.2, 0) is 0 Å². The first-order chi connectivity index (χ1) is 9.25. The van der Waals surface area contributed by atoms with Gasteiger partial charge in [0, 0.05) is 15.9 Å². The van der Waals surface area contributed by atoms with Crippen LogP contribution in [0.2, 0.25) is 0 Å². The molecule has 5 nitrogen and oxygen atoms in total. The third-order valence-corrected chi connectivity index (χ3v) is 3.78. The van der Waals surface area contributed by atoms with Crippen LogP contribution in [-0.4, -0.2) is 11.6 Å². The van der Waals surface area contributed by atoms with Crippen LogP contribution in [0, 0.1) is 10.1 Å². The van der Waals surface area contributed by atoms with E-state index in [2.05, 4.69) is 9.98 Å². The van der Waals surface area contributed by atoms with Crippen LogP contribution >= 0.6 is 11.8 Å². The molecular formula is C13H9N3O2S. The molecule has 1 aliphatic heterocycles. The summed E-state index contributed by atoms with van der Waals surface area (Å²) in [4.78, 5) is 20.8. The second-order valence-electron chi connectivity index (χ2n) is 3.91. The van der Waals surface area contributed by atoms with E-state index in [-0.39, 0.29) is 12.4 Å². The van der Waals surface area contributed by atoms with Crippen molar-refractivity contribution >= 4 is 17.4 Å². The van der Waals surface area contributed by atoms with Crippen molar-refractivity contribution in [3.05, 3.63) is 63.3 Å². The molecule has 94 valence electrons. The van der Waals surface area contributed by atoms with Crippen molar-refractivity contribution in [3.8, 4) is 0 Å². The normalized spacial score (nSPS) is 12.4. The zero-order valence-electron chi connectivity index (χ0n) is 9.81. The lowest BCUT2D eigenvalue weighted by molar-refractivity contribution is -0.386. The molecule has 0 spiro atoms. The quantitative estimate of drug-likeness (QED) is 0.633. The Balaban J connectivity index is 2.09. The fraction of sp³-hybridized carbons (Fsp3) is 0.0769. The lowest BCUT2D eigenvalue weighted by atomic mass is 10.3. The van der Waals surface area contributed by atoms with Crippen molar-refractivity contribution in [2.75, 3.05) is 6.67 Å². The van der Waals surface area contributed by atoms with Gasteiger partial charge in [-0.05, 0) is 18.2 Å². The largest absolute Gasteiger partial charge is 0.296 e. The maximum atomic E-state index is 10.9. The zero-order chi connectivity index (χ0) is 13.2. The fourth-order valence-electron chi connectivity index (χ4n) is 1.88. The van der Waals surface area contributed by atoms with Crippen LogP contribution in [0.15, 0.2) is 62.2 Å². The average molecular weight is 271 g/mol. The molecule has 0 saturated heterocycles. The summed E-state index contributed by atoms with van der Waals surface area (Å²) >= 11 is 1.54. The van der Waals surface area contributed by atoms with Crippen LogP contribution in [0.4, 0.5) is 5.69 Å². The van der Waals surface area contributed by atoms with Crippen molar-refractivity contribution < 1.29 is 4.92 Å². The molecule has 1 heterocycles. The topological polar surface area (TPSA) is 67.9 Å². The molecule has 0 aliphatic carbocycles. The van der Waals surface area contributed by atoms with Gasteiger partial charge in [-0.2, -0.15) is 0 Å². The fourth-order valence-corrected chi connectivity index (χ4v) is 2.82. The van der Waals surface area contributed by atoms with Gasteiger partial charge in [-0.3, -0.25) is 20.1 Å². The van der Waals surface area contributed by atoms with E-state index in [0.717, 1.165) is 9.79 Å². The highest BCUT2D eigenvalue weighted by molar-refractivity contribution is 7.99. The summed E-state index contributed by atoms with van der Waals surface area (Å²) in [7, 11) is 0. The van der Waals surface area contributed by atoms with Crippen LogP contribution in [0.1, 0.15) is 0 Å². The van der Waals surface area contributed by atoms with Crippen LogP contribution in [0.3, 0.4) is 0 Å². The molecule has 6 heteroatoms. The summed E-state index contributed by atoms with van der Waals surface area (Å²) in [5.41, 5.74) is 0.0219. The lowest BCUT2D eigenvalue weighted by Crippen LogP contribution is -2.26. The summed E-state index contributed by atoms with van der Waals surface area (Å²) < 4.78 is 0. The van der Waals surface area contributed by atoms with E-state index in [9.17, 15) is 10.1 Å². The molecule has 0 aromatic heterocycles. The summed E-state index contributed by atoms with van der Waals surface area (Å²) in [5.74, 6) is 0. The highest BCUT2D eigenvalue weighted by atomic mass is 32.2. The minimum Gasteiger partial charge on any atom is -0.258 e. The number of non-ortho nitro benzene ring substituents is 1. The van der Waals surface area contributed by atoms with Gasteiger partial charge in [-0.25, -0.2) is 0 Å². The molecule has 2 aromatic carbocycles. The molecule has 0 fully saturated rings. The van der Waals surface area contributed by atoms with Gasteiger partial charge in [-0.1, -0.05) is 30.0 Å². The Morgan fingerprint density at radius 2 is 1.79 bits per heavy atom. The van der Waals surface area contributed by atoms with Crippen LogP contribution in [0.25, 0.3) is 0 Å². The first-order valence-corrected chi connectivity index (χ1v) is 6.46. The van der Waals surface area contributed by atoms with Gasteiger partial charge in [0.05, 0.1) is 4.92 Å². The van der Waals surface area contributed by atoms with Crippen molar-refractivity contribution in [1.29, 1.82) is 0 Å². The van der Waals surface area contributed by atoms with E-state index in [1.54, 1.807) is 6.07 Å². The Hall–Kier alpha value is -2.21. The second kappa shape index (κ2) is 4.81. The number of nitrogens with zero attached hydrogens (tertiary/aromatic N) is 3. The SMILES string of the molecule is O=[N+]([O-])c1ccc(Sc2ccccc2)c2c1=NCN=2. The molecule has 0 radical (unpaired) electrons. The molecule has 19 heavy (non-hydrogen) atoms. The standard InChI is InChI=1S/C13H9N3O2S/c17-16(18)10-6-7-11(13-12(10)14-8-15-13)19-9-4-2-1-3-5-9/h1-7H,8H2. The smallest absolute Gasteiger partial charge is 0.258 e. The number of rotatable bonds is 3. The average Bonchev–Trinajstić information content (AvgIpc) is 2.89. The van der Waals surface area contributed by atoms with Gasteiger partial charge in [-0.15, -0.1) is 0 Å². The molecule has 0 atom stereocenters. The van der Waals surface area contributed by atoms with Crippen molar-refractivity contribution in [1.82, 2.24) is 0 Å². The molecule has 2 aromatic rings. The Kier molecular flexibility index (Phi) is 3.00. The Bertz CT molecular complexity index is 759. The molecule has 0 bridgehead atoms. The third-order valence-electron chi connectivity index (χ3n) is 2.72. The number of nitro groups is 1. The minimum absolute atomic E-state index is 0.0219. The Labute approximate surface area is 112 Å². The molecule has 0 N–H and O–H groups in total. The van der Waals surface area contributed by atoms with Crippen molar-refractivity contribution in [2.45, 2.75) is 9.79 Å². The van der Waals surface area contributed by atoms with Gasteiger partial charge >= 0.3 is 0 Å². The molecule has 3 rings (SSSR count). The summed E-state index contributed by atoms with van der Waals surface area (Å²) in [6, 6.07) is 13.1. The van der Waals surface area contributed by atoms with E-state index < -0.39 is 4.92 Å². The van der Waals surface area contributed by atoms with Crippen molar-refractivity contribution in [3.63, 3.8) is 0 Å². The van der Waals surface area contributed by atoms with Gasteiger partial charge in [0.15, 0.2) is 5.36 Å². The number of fused-ring (bicyclic) bond motifs is 1. The second-order valence-corrected chi connectivity index (χ2v) is 5.03. The molecular weight excluding hydrogens is 262 g/mol. The number of benzene rings is 2. The summed E-state index contributed by atoms with van der Waals surface area (Å²) in [5, 5.41) is 11.9. The Morgan fingerprint density at radius 1 is 1.05 bits per heavy atom. The molecule has 0 saturated carbocycles. The van der Waals surface area contributed by atoms with Gasteiger partial charge in [0.25, 0.3) is 5.69 Å². The summed E-state index contributed by atoms with van der Waals surface area (Å²) in [6.07, 6.45) is 0. The highest BCUT2D eigenvalue weighted by Gasteiger charge is 2.16. The predicted octanol–water partition coefficient (Wildman–Crippen LogP) is 1.96. The van der Waals surface area contributed by atoms with E-state index >= 15 is 0 Å². The van der Waals surface area contributed by atoms with Gasteiger partial charge in [0.2, 0.25) is 0 Å². The monoisotopic (exact) mass is 271 g/mol. The first-order valence-electron chi connectivity index (χ1n) is 5.65. The molecule has 1 aliphatic rings. The van der Waals surface area contributed by atoms with E-state index in [4.69, 9.17) is 0 Å². The van der Waals surface area contributed by atoms with Crippen LogP contribution < -0.4 is 10.7 Å². The van der Waals surface area contributed by atoms with Crippen LogP contribution in [0.5, 0.6) is 0 Å². The highest BCUT2D eigenvalue weighted by Crippen LogP contribution is 2.25. The van der Waals surface area contributed by atoms with Gasteiger partial charge in [0.1, 0.15) is 12.0 Å². The number of nitro benzene ring substituents is 1. The minimum atomic E-state index is -0.417. The van der Waals surface area contributed by atoms with Crippen molar-refractivity contribution in [2.24, 2.45) is 9.98 Å². The van der Waals surface area contributed by atoms with E-state index in [0.29, 0.717) is 10.7 Å². The number of hydrogen-bond acceptors (Lipinski definition) is 5. The first kappa shape index (κ1) is 11.9. The van der Waals surface area contributed by atoms with E-state index in [1.807, 2.05) is 30.3 Å². The third kappa shape index (κ3) is 2.22. The maximum absolute atomic E-state index is 10.9. The number of hydrogen-bond donors (Lipinski definition) is 0. The Morgan fingerprint density at radius 3 is 2.53 bits per heavy atom. The lowest BCUT2D eigenvalue weighted by Gasteiger charge is -2.01. The summed E-state index contributed by atoms with van der Waals surface area (Å²) in [6.45, 7) is 0.266. The van der Waals surface area contributed by atoms with E-state index in [1.165, 1.54) is 17.8 Å². The van der Waals surface area contributed by atoms with Gasteiger partial charge < -0.3 is 0 Å². The zero-order valence-corrected chi connectivity index (χ0v) is 10.6.